The van der Waals surface area contributed by atoms with Gasteiger partial charge in [-0.15, -0.1) is 0 Å². The van der Waals surface area contributed by atoms with Crippen LogP contribution >= 0.6 is 0 Å². The van der Waals surface area contributed by atoms with Gasteiger partial charge in [0.1, 0.15) is 5.82 Å². The number of fused-ring (bicyclic) bond motifs is 1. The first kappa shape index (κ1) is 14.3. The average molecular weight is 297 g/mol. The third-order valence-corrected chi connectivity index (χ3v) is 3.32. The fraction of sp³-hybridized carbons (Fsp3) is 0.235. The normalized spacial score (nSPS) is 10.8. The van der Waals surface area contributed by atoms with Gasteiger partial charge >= 0.3 is 0 Å². The lowest BCUT2D eigenvalue weighted by Gasteiger charge is -2.11. The predicted octanol–water partition coefficient (Wildman–Crippen LogP) is 3.61. The molecule has 0 fully saturated rings. The summed E-state index contributed by atoms with van der Waals surface area (Å²) in [5.74, 6) is 2.25. The Morgan fingerprint density at radius 2 is 1.77 bits per heavy atom. The number of nitrogens with two attached hydrogens (primary N) is 1. The summed E-state index contributed by atoms with van der Waals surface area (Å²) in [5, 5.41) is 0. The van der Waals surface area contributed by atoms with Crippen LogP contribution in [0.3, 0.4) is 0 Å². The molecule has 0 aliphatic rings. The van der Waals surface area contributed by atoms with Gasteiger partial charge in [-0.05, 0) is 50.2 Å². The van der Waals surface area contributed by atoms with E-state index in [2.05, 4.69) is 9.97 Å². The molecule has 0 aliphatic heterocycles. The molecule has 0 radical (unpaired) electrons. The van der Waals surface area contributed by atoms with Crippen molar-refractivity contribution < 1.29 is 9.47 Å². The van der Waals surface area contributed by atoms with Crippen LogP contribution in [0.15, 0.2) is 36.4 Å². The molecular formula is C17H19N3O2. The molecule has 0 unspecified atom stereocenters. The first-order valence-electron chi connectivity index (χ1n) is 7.36. The van der Waals surface area contributed by atoms with Crippen LogP contribution in [0.25, 0.3) is 22.4 Å². The van der Waals surface area contributed by atoms with Crippen LogP contribution in [0.2, 0.25) is 0 Å². The number of aromatic nitrogens is 2. The van der Waals surface area contributed by atoms with E-state index < -0.39 is 0 Å². The molecule has 2 aromatic carbocycles. The molecule has 3 rings (SSSR count). The van der Waals surface area contributed by atoms with Crippen molar-refractivity contribution in [1.29, 1.82) is 0 Å². The number of hydrogen-bond acceptors (Lipinski definition) is 4. The zero-order valence-corrected chi connectivity index (χ0v) is 12.7. The lowest BCUT2D eigenvalue weighted by Crippen LogP contribution is -1.98. The van der Waals surface area contributed by atoms with E-state index in [0.717, 1.165) is 33.9 Å². The van der Waals surface area contributed by atoms with Crippen molar-refractivity contribution in [1.82, 2.24) is 9.97 Å². The summed E-state index contributed by atoms with van der Waals surface area (Å²) in [6, 6.07) is 11.4. The van der Waals surface area contributed by atoms with Crippen molar-refractivity contribution in [2.75, 3.05) is 18.9 Å². The van der Waals surface area contributed by atoms with Gasteiger partial charge in [0, 0.05) is 11.3 Å². The van der Waals surface area contributed by atoms with Gasteiger partial charge in [0.05, 0.1) is 24.2 Å². The van der Waals surface area contributed by atoms with Crippen LogP contribution in [0, 0.1) is 0 Å². The first-order valence-corrected chi connectivity index (χ1v) is 7.36. The molecule has 3 aromatic rings. The number of rotatable bonds is 5. The number of imidazole rings is 1. The maximum Gasteiger partial charge on any atom is 0.161 e. The molecule has 0 bridgehead atoms. The van der Waals surface area contributed by atoms with E-state index in [1.54, 1.807) is 0 Å². The van der Waals surface area contributed by atoms with Crippen LogP contribution in [0.5, 0.6) is 11.5 Å². The monoisotopic (exact) mass is 297 g/mol. The fourth-order valence-electron chi connectivity index (χ4n) is 2.36. The van der Waals surface area contributed by atoms with Crippen LogP contribution in [-0.2, 0) is 0 Å². The lowest BCUT2D eigenvalue weighted by atomic mass is 10.2. The van der Waals surface area contributed by atoms with Crippen molar-refractivity contribution in [2.24, 2.45) is 0 Å². The van der Waals surface area contributed by atoms with Gasteiger partial charge in [-0.3, -0.25) is 0 Å². The van der Waals surface area contributed by atoms with Crippen molar-refractivity contribution in [3.63, 3.8) is 0 Å². The molecule has 114 valence electrons. The minimum atomic E-state index is 0.584. The van der Waals surface area contributed by atoms with Crippen molar-refractivity contribution in [2.45, 2.75) is 13.8 Å². The molecule has 1 aromatic heterocycles. The maximum atomic E-state index is 5.80. The molecule has 0 amide bonds. The Morgan fingerprint density at radius 3 is 2.55 bits per heavy atom. The van der Waals surface area contributed by atoms with E-state index in [0.29, 0.717) is 18.9 Å². The van der Waals surface area contributed by atoms with E-state index in [9.17, 15) is 0 Å². The van der Waals surface area contributed by atoms with E-state index in [-0.39, 0.29) is 0 Å². The predicted molar refractivity (Wildman–Crippen MR) is 88.3 cm³/mol. The topological polar surface area (TPSA) is 73.2 Å². The number of benzene rings is 2. The van der Waals surface area contributed by atoms with Gasteiger partial charge < -0.3 is 20.2 Å². The Kier molecular flexibility index (Phi) is 3.87. The molecule has 0 saturated heterocycles. The molecule has 0 spiro atoms. The smallest absolute Gasteiger partial charge is 0.161 e. The number of ether oxygens (including phenoxy) is 2. The Morgan fingerprint density at radius 1 is 1.00 bits per heavy atom. The zero-order valence-electron chi connectivity index (χ0n) is 12.7. The van der Waals surface area contributed by atoms with E-state index in [1.165, 1.54) is 0 Å². The molecule has 3 N–H and O–H groups in total. The Labute approximate surface area is 129 Å². The average Bonchev–Trinajstić information content (AvgIpc) is 2.92. The SMILES string of the molecule is CCOc1ccc(-c2nc3ccc(N)cc3[nH]2)cc1OCC. The molecular weight excluding hydrogens is 278 g/mol. The number of nitrogen functional groups attached to an aromatic ring is 1. The highest BCUT2D eigenvalue weighted by molar-refractivity contribution is 5.82. The quantitative estimate of drug-likeness (QED) is 0.706. The number of anilines is 1. The van der Waals surface area contributed by atoms with Gasteiger partial charge in [-0.25, -0.2) is 4.98 Å². The molecule has 5 heteroatoms. The van der Waals surface area contributed by atoms with E-state index in [1.807, 2.05) is 50.2 Å². The minimum Gasteiger partial charge on any atom is -0.490 e. The summed E-state index contributed by atoms with van der Waals surface area (Å²) in [5.41, 5.74) is 9.27. The number of nitrogens with one attached hydrogen (secondary N) is 1. The zero-order chi connectivity index (χ0) is 15.5. The van der Waals surface area contributed by atoms with Crippen LogP contribution < -0.4 is 15.2 Å². The van der Waals surface area contributed by atoms with Crippen molar-refractivity contribution in [3.05, 3.63) is 36.4 Å². The summed E-state index contributed by atoms with van der Waals surface area (Å²) >= 11 is 0. The maximum absolute atomic E-state index is 5.80. The second-order valence-electron chi connectivity index (χ2n) is 4.89. The minimum absolute atomic E-state index is 0.584. The third-order valence-electron chi connectivity index (χ3n) is 3.32. The number of aromatic amines is 1. The molecule has 22 heavy (non-hydrogen) atoms. The molecule has 0 aliphatic carbocycles. The van der Waals surface area contributed by atoms with Crippen LogP contribution in [0.4, 0.5) is 5.69 Å². The Hall–Kier alpha value is -2.69. The summed E-state index contributed by atoms with van der Waals surface area (Å²) < 4.78 is 11.2. The van der Waals surface area contributed by atoms with Gasteiger partial charge in [-0.2, -0.15) is 0 Å². The Bertz CT molecular complexity index is 796. The van der Waals surface area contributed by atoms with Gasteiger partial charge in [0.2, 0.25) is 0 Å². The van der Waals surface area contributed by atoms with E-state index in [4.69, 9.17) is 15.2 Å². The van der Waals surface area contributed by atoms with Crippen molar-refractivity contribution in [3.8, 4) is 22.9 Å². The highest BCUT2D eigenvalue weighted by Crippen LogP contribution is 2.32. The van der Waals surface area contributed by atoms with Crippen LogP contribution in [0.1, 0.15) is 13.8 Å². The second-order valence-corrected chi connectivity index (χ2v) is 4.89. The van der Waals surface area contributed by atoms with Crippen LogP contribution in [-0.4, -0.2) is 23.2 Å². The first-order chi connectivity index (χ1) is 10.7. The molecule has 1 heterocycles. The summed E-state index contributed by atoms with van der Waals surface area (Å²) in [6.45, 7) is 5.09. The molecule has 0 saturated carbocycles. The summed E-state index contributed by atoms with van der Waals surface area (Å²) in [4.78, 5) is 7.88. The van der Waals surface area contributed by atoms with Gasteiger partial charge in [0.15, 0.2) is 11.5 Å². The van der Waals surface area contributed by atoms with Gasteiger partial charge in [-0.1, -0.05) is 0 Å². The molecule has 0 atom stereocenters. The Balaban J connectivity index is 2.03. The lowest BCUT2D eigenvalue weighted by molar-refractivity contribution is 0.288. The largest absolute Gasteiger partial charge is 0.490 e. The second kappa shape index (κ2) is 5.97. The van der Waals surface area contributed by atoms with Crippen molar-refractivity contribution >= 4 is 16.7 Å². The number of H-pyrrole nitrogens is 1. The standard InChI is InChI=1S/C17H19N3O2/c1-3-21-15-8-5-11(9-16(15)22-4-2)17-19-13-7-6-12(18)10-14(13)20-17/h5-10H,3-4,18H2,1-2H3,(H,19,20). The summed E-state index contributed by atoms with van der Waals surface area (Å²) in [7, 11) is 0. The van der Waals surface area contributed by atoms with Gasteiger partial charge in [0.25, 0.3) is 0 Å². The number of nitrogens with zero attached hydrogens (tertiary/aromatic N) is 1. The highest BCUT2D eigenvalue weighted by atomic mass is 16.5. The third kappa shape index (κ3) is 2.70. The highest BCUT2D eigenvalue weighted by Gasteiger charge is 2.10. The number of hydrogen-bond donors (Lipinski definition) is 2. The molecule has 5 nitrogen and oxygen atoms in total. The van der Waals surface area contributed by atoms with E-state index >= 15 is 0 Å². The fourth-order valence-corrected chi connectivity index (χ4v) is 2.36. The summed E-state index contributed by atoms with van der Waals surface area (Å²) in [6.07, 6.45) is 0.